The molecule has 1 aliphatic rings. The van der Waals surface area contributed by atoms with Gasteiger partial charge in [-0.15, -0.1) is 0 Å². The first kappa shape index (κ1) is 16.8. The smallest absolute Gasteiger partial charge is 0.407 e. The second-order valence-electron chi connectivity index (χ2n) is 6.70. The molecule has 6 heteroatoms. The zero-order chi connectivity index (χ0) is 16.2. The topological polar surface area (TPSA) is 67.4 Å². The lowest BCUT2D eigenvalue weighted by atomic mass is 10.1. The lowest BCUT2D eigenvalue weighted by molar-refractivity contribution is -0.125. The number of ether oxygens (including phenoxy) is 1. The maximum absolute atomic E-state index is 12.1. The van der Waals surface area contributed by atoms with E-state index < -0.39 is 11.7 Å². The summed E-state index contributed by atoms with van der Waals surface area (Å²) in [5, 5.41) is 9.84. The van der Waals surface area contributed by atoms with Crippen LogP contribution in [0.1, 0.15) is 45.6 Å². The lowest BCUT2D eigenvalue weighted by Gasteiger charge is -2.21. The van der Waals surface area contributed by atoms with E-state index >= 15 is 0 Å². The van der Waals surface area contributed by atoms with Gasteiger partial charge in [0.1, 0.15) is 5.60 Å². The van der Waals surface area contributed by atoms with Gasteiger partial charge < -0.3 is 15.4 Å². The highest BCUT2D eigenvalue weighted by Crippen LogP contribution is 2.26. The predicted octanol–water partition coefficient (Wildman–Crippen LogP) is 3.06. The first-order valence-electron chi connectivity index (χ1n) is 7.62. The second kappa shape index (κ2) is 7.13. The SMILES string of the molecule is CC(C)(C)OC(=O)N[C@H]1CC[C@@H](C(=O)NCc2ccsc2)C1. The van der Waals surface area contributed by atoms with Crippen LogP contribution in [0.25, 0.3) is 0 Å². The molecule has 1 saturated carbocycles. The number of thiophene rings is 1. The van der Waals surface area contributed by atoms with Crippen molar-refractivity contribution in [2.75, 3.05) is 0 Å². The molecule has 2 amide bonds. The Morgan fingerprint density at radius 3 is 2.77 bits per heavy atom. The van der Waals surface area contributed by atoms with Crippen LogP contribution in [0.5, 0.6) is 0 Å². The van der Waals surface area contributed by atoms with Crippen molar-refractivity contribution >= 4 is 23.3 Å². The van der Waals surface area contributed by atoms with Crippen LogP contribution < -0.4 is 10.6 Å². The number of carbonyl (C=O) groups excluding carboxylic acids is 2. The van der Waals surface area contributed by atoms with Gasteiger partial charge in [-0.2, -0.15) is 11.3 Å². The first-order chi connectivity index (χ1) is 10.3. The molecule has 1 heterocycles. The van der Waals surface area contributed by atoms with E-state index in [4.69, 9.17) is 4.74 Å². The summed E-state index contributed by atoms with van der Waals surface area (Å²) in [6.45, 7) is 6.08. The van der Waals surface area contributed by atoms with E-state index in [1.54, 1.807) is 11.3 Å². The van der Waals surface area contributed by atoms with Crippen molar-refractivity contribution in [2.24, 2.45) is 5.92 Å². The minimum absolute atomic E-state index is 0.0201. The summed E-state index contributed by atoms with van der Waals surface area (Å²) in [6.07, 6.45) is 1.89. The number of carbonyl (C=O) groups is 2. The normalized spacial score (nSPS) is 21.4. The minimum atomic E-state index is -0.500. The number of nitrogens with one attached hydrogen (secondary N) is 2. The highest BCUT2D eigenvalue weighted by molar-refractivity contribution is 7.07. The molecule has 2 rings (SSSR count). The summed E-state index contributed by atoms with van der Waals surface area (Å²) in [7, 11) is 0. The van der Waals surface area contributed by atoms with Gasteiger partial charge in [0.25, 0.3) is 0 Å². The van der Waals surface area contributed by atoms with Gasteiger partial charge in [0.05, 0.1) is 0 Å². The van der Waals surface area contributed by atoms with E-state index in [9.17, 15) is 9.59 Å². The second-order valence-corrected chi connectivity index (χ2v) is 7.48. The minimum Gasteiger partial charge on any atom is -0.444 e. The van der Waals surface area contributed by atoms with Crippen LogP contribution in [-0.2, 0) is 16.1 Å². The Balaban J connectivity index is 1.72. The summed E-state index contributed by atoms with van der Waals surface area (Å²) in [5.74, 6) is 0.0401. The Morgan fingerprint density at radius 1 is 1.36 bits per heavy atom. The molecule has 122 valence electrons. The fourth-order valence-electron chi connectivity index (χ4n) is 2.55. The third kappa shape index (κ3) is 5.33. The average Bonchev–Trinajstić information content (AvgIpc) is 3.04. The first-order valence-corrected chi connectivity index (χ1v) is 8.56. The molecule has 0 spiro atoms. The molecule has 1 fully saturated rings. The van der Waals surface area contributed by atoms with Crippen molar-refractivity contribution in [3.63, 3.8) is 0 Å². The summed E-state index contributed by atoms with van der Waals surface area (Å²) in [4.78, 5) is 23.9. The molecule has 0 aromatic carbocycles. The molecule has 0 aliphatic heterocycles. The molecule has 2 atom stereocenters. The van der Waals surface area contributed by atoms with Gasteiger partial charge in [0.15, 0.2) is 0 Å². The van der Waals surface area contributed by atoms with E-state index in [1.807, 2.05) is 37.6 Å². The van der Waals surface area contributed by atoms with Crippen molar-refractivity contribution in [3.8, 4) is 0 Å². The standard InChI is InChI=1S/C16H24N2O3S/c1-16(2,3)21-15(20)18-13-5-4-12(8-13)14(19)17-9-11-6-7-22-10-11/h6-7,10,12-13H,4-5,8-9H2,1-3H3,(H,17,19)(H,18,20)/t12-,13+/m1/s1. The van der Waals surface area contributed by atoms with Gasteiger partial charge in [-0.05, 0) is 62.4 Å². The van der Waals surface area contributed by atoms with E-state index in [0.717, 1.165) is 18.4 Å². The van der Waals surface area contributed by atoms with Gasteiger partial charge in [-0.1, -0.05) is 0 Å². The Kier molecular flexibility index (Phi) is 5.45. The summed E-state index contributed by atoms with van der Waals surface area (Å²) < 4.78 is 5.24. The maximum atomic E-state index is 12.1. The number of hydrogen-bond donors (Lipinski definition) is 2. The number of amides is 2. The maximum Gasteiger partial charge on any atom is 0.407 e. The molecular formula is C16H24N2O3S. The zero-order valence-electron chi connectivity index (χ0n) is 13.3. The number of rotatable bonds is 4. The monoisotopic (exact) mass is 324 g/mol. The molecule has 0 unspecified atom stereocenters. The molecule has 0 radical (unpaired) electrons. The van der Waals surface area contributed by atoms with Gasteiger partial charge in [-0.3, -0.25) is 4.79 Å². The van der Waals surface area contributed by atoms with Crippen LogP contribution in [-0.4, -0.2) is 23.6 Å². The molecule has 2 N–H and O–H groups in total. The third-order valence-corrected chi connectivity index (χ3v) is 4.30. The van der Waals surface area contributed by atoms with Crippen LogP contribution in [0, 0.1) is 5.92 Å². The molecule has 0 saturated heterocycles. The predicted molar refractivity (Wildman–Crippen MR) is 86.7 cm³/mol. The number of alkyl carbamates (subject to hydrolysis) is 1. The van der Waals surface area contributed by atoms with Crippen LogP contribution in [0.15, 0.2) is 16.8 Å². The Labute approximate surface area is 135 Å². The van der Waals surface area contributed by atoms with Crippen molar-refractivity contribution in [3.05, 3.63) is 22.4 Å². The highest BCUT2D eigenvalue weighted by Gasteiger charge is 2.31. The van der Waals surface area contributed by atoms with Gasteiger partial charge in [0.2, 0.25) is 5.91 Å². The fourth-order valence-corrected chi connectivity index (χ4v) is 3.22. The average molecular weight is 324 g/mol. The van der Waals surface area contributed by atoms with Gasteiger partial charge in [0, 0.05) is 18.5 Å². The molecule has 5 nitrogen and oxygen atoms in total. The summed E-state index contributed by atoms with van der Waals surface area (Å²) >= 11 is 1.62. The Hall–Kier alpha value is -1.56. The Morgan fingerprint density at radius 2 is 2.14 bits per heavy atom. The molecule has 0 bridgehead atoms. The lowest BCUT2D eigenvalue weighted by Crippen LogP contribution is -2.38. The largest absolute Gasteiger partial charge is 0.444 e. The van der Waals surface area contributed by atoms with E-state index in [2.05, 4.69) is 10.6 Å². The van der Waals surface area contributed by atoms with Gasteiger partial charge >= 0.3 is 6.09 Å². The molecular weight excluding hydrogens is 300 g/mol. The molecule has 1 aliphatic carbocycles. The summed E-state index contributed by atoms with van der Waals surface area (Å²) in [5.41, 5.74) is 0.625. The molecule has 1 aromatic rings. The van der Waals surface area contributed by atoms with Crippen molar-refractivity contribution in [1.82, 2.24) is 10.6 Å². The van der Waals surface area contributed by atoms with Crippen molar-refractivity contribution in [2.45, 2.75) is 58.2 Å². The van der Waals surface area contributed by atoms with E-state index in [-0.39, 0.29) is 17.9 Å². The summed E-state index contributed by atoms with van der Waals surface area (Å²) in [6, 6.07) is 2.03. The van der Waals surface area contributed by atoms with Crippen LogP contribution >= 0.6 is 11.3 Å². The highest BCUT2D eigenvalue weighted by atomic mass is 32.1. The van der Waals surface area contributed by atoms with Crippen LogP contribution in [0.2, 0.25) is 0 Å². The third-order valence-electron chi connectivity index (χ3n) is 3.57. The number of hydrogen-bond acceptors (Lipinski definition) is 4. The van der Waals surface area contributed by atoms with E-state index in [0.29, 0.717) is 13.0 Å². The van der Waals surface area contributed by atoms with Crippen LogP contribution in [0.4, 0.5) is 4.79 Å². The van der Waals surface area contributed by atoms with Gasteiger partial charge in [-0.25, -0.2) is 4.79 Å². The molecule has 22 heavy (non-hydrogen) atoms. The Bertz CT molecular complexity index is 508. The van der Waals surface area contributed by atoms with Crippen molar-refractivity contribution in [1.29, 1.82) is 0 Å². The van der Waals surface area contributed by atoms with E-state index in [1.165, 1.54) is 0 Å². The molecule has 1 aromatic heterocycles. The zero-order valence-corrected chi connectivity index (χ0v) is 14.2. The van der Waals surface area contributed by atoms with Crippen molar-refractivity contribution < 1.29 is 14.3 Å². The van der Waals surface area contributed by atoms with Crippen LogP contribution in [0.3, 0.4) is 0 Å². The quantitative estimate of drug-likeness (QED) is 0.894. The fraction of sp³-hybridized carbons (Fsp3) is 0.625.